The Bertz CT molecular complexity index is 1800. The van der Waals surface area contributed by atoms with Crippen LogP contribution >= 0.6 is 0 Å². The van der Waals surface area contributed by atoms with E-state index in [0.717, 1.165) is 24.1 Å². The van der Waals surface area contributed by atoms with Crippen LogP contribution < -0.4 is 5.69 Å². The lowest BCUT2D eigenvalue weighted by atomic mass is 10.0. The van der Waals surface area contributed by atoms with E-state index in [1.54, 1.807) is 51.2 Å². The molecule has 0 amide bonds. The van der Waals surface area contributed by atoms with Gasteiger partial charge in [0.15, 0.2) is 5.65 Å². The highest BCUT2D eigenvalue weighted by atomic mass is 16.4. The molecule has 40 heavy (non-hydrogen) atoms. The first kappa shape index (κ1) is 25.3. The molecule has 1 aliphatic rings. The van der Waals surface area contributed by atoms with Crippen LogP contribution in [0.4, 0.5) is 0 Å². The van der Waals surface area contributed by atoms with Gasteiger partial charge in [0.2, 0.25) is 0 Å². The van der Waals surface area contributed by atoms with Gasteiger partial charge in [0.05, 0.1) is 35.6 Å². The van der Waals surface area contributed by atoms with E-state index in [1.165, 1.54) is 6.20 Å². The Kier molecular flexibility index (Phi) is 6.27. The SMILES string of the molecule is Cn1c(C(=O)O)cnc1CN1CC[C@H](n2c(=O)n(-c3ccc(-c4ccc(C(=O)O)cc4)cc3)c3cccnc32)C1. The third-order valence-corrected chi connectivity index (χ3v) is 7.50. The van der Waals surface area contributed by atoms with Gasteiger partial charge in [0.1, 0.15) is 11.5 Å². The summed E-state index contributed by atoms with van der Waals surface area (Å²) >= 11 is 0. The van der Waals surface area contributed by atoms with Crippen LogP contribution in [0.25, 0.3) is 28.0 Å². The molecule has 1 aliphatic heterocycles. The number of nitrogens with zero attached hydrogens (tertiary/aromatic N) is 6. The van der Waals surface area contributed by atoms with Crippen LogP contribution in [0.15, 0.2) is 77.9 Å². The van der Waals surface area contributed by atoms with Crippen LogP contribution in [0.3, 0.4) is 0 Å². The first-order chi connectivity index (χ1) is 19.3. The summed E-state index contributed by atoms with van der Waals surface area (Å²) < 4.78 is 5.01. The second-order valence-corrected chi connectivity index (χ2v) is 9.86. The van der Waals surface area contributed by atoms with Crippen LogP contribution in [-0.2, 0) is 13.6 Å². The largest absolute Gasteiger partial charge is 0.478 e. The van der Waals surface area contributed by atoms with Crippen LogP contribution in [0, 0.1) is 0 Å². The summed E-state index contributed by atoms with van der Waals surface area (Å²) in [6, 6.07) is 17.8. The lowest BCUT2D eigenvalue weighted by Crippen LogP contribution is -2.29. The predicted molar refractivity (Wildman–Crippen MR) is 147 cm³/mol. The van der Waals surface area contributed by atoms with Gasteiger partial charge in [-0.2, -0.15) is 0 Å². The number of hydrogen-bond acceptors (Lipinski definition) is 6. The molecule has 0 bridgehead atoms. The van der Waals surface area contributed by atoms with Gasteiger partial charge < -0.3 is 14.8 Å². The normalized spacial score (nSPS) is 15.6. The second kappa shape index (κ2) is 9.93. The molecular formula is C29H26N6O5. The molecule has 6 rings (SSSR count). The van der Waals surface area contributed by atoms with Crippen LogP contribution in [0.5, 0.6) is 0 Å². The number of likely N-dealkylation sites (tertiary alicyclic amines) is 1. The summed E-state index contributed by atoms with van der Waals surface area (Å²) in [4.78, 5) is 47.4. The topological polar surface area (TPSA) is 135 Å². The number of fused-ring (bicyclic) bond motifs is 1. The Morgan fingerprint density at radius 2 is 1.65 bits per heavy atom. The van der Waals surface area contributed by atoms with E-state index in [1.807, 2.05) is 36.4 Å². The third kappa shape index (κ3) is 4.35. The van der Waals surface area contributed by atoms with E-state index in [0.29, 0.717) is 35.8 Å². The first-order valence-corrected chi connectivity index (χ1v) is 12.8. The molecule has 0 spiro atoms. The van der Waals surface area contributed by atoms with Gasteiger partial charge in [-0.3, -0.25) is 14.0 Å². The minimum Gasteiger partial charge on any atom is -0.478 e. The first-order valence-electron chi connectivity index (χ1n) is 12.8. The Morgan fingerprint density at radius 3 is 2.30 bits per heavy atom. The molecule has 0 unspecified atom stereocenters. The maximum absolute atomic E-state index is 13.9. The standard InChI is InChI=1S/C29H26N6O5/c1-32-24(28(38)39)15-31-25(32)17-33-14-12-22(16-33)35-26-23(3-2-13-30-26)34(29(35)40)21-10-8-19(9-11-21)18-4-6-20(7-5-18)27(36)37/h2-11,13,15,22H,12,14,16-17H2,1H3,(H,36,37)(H,38,39)/t22-/m0/s1. The minimum atomic E-state index is -1.02. The van der Waals surface area contributed by atoms with Crippen molar-refractivity contribution in [2.75, 3.05) is 13.1 Å². The van der Waals surface area contributed by atoms with Gasteiger partial charge in [-0.25, -0.2) is 24.4 Å². The van der Waals surface area contributed by atoms with Gasteiger partial charge in [0, 0.05) is 26.3 Å². The Morgan fingerprint density at radius 1 is 0.950 bits per heavy atom. The van der Waals surface area contributed by atoms with Crippen molar-refractivity contribution >= 4 is 23.1 Å². The lowest BCUT2D eigenvalue weighted by Gasteiger charge is -2.16. The minimum absolute atomic E-state index is 0.0996. The van der Waals surface area contributed by atoms with E-state index in [4.69, 9.17) is 5.11 Å². The summed E-state index contributed by atoms with van der Waals surface area (Å²) in [5, 5.41) is 18.5. The fourth-order valence-electron chi connectivity index (χ4n) is 5.40. The smallest absolute Gasteiger partial charge is 0.354 e. The number of pyridine rings is 1. The zero-order valence-corrected chi connectivity index (χ0v) is 21.6. The van der Waals surface area contributed by atoms with Crippen molar-refractivity contribution in [3.8, 4) is 16.8 Å². The lowest BCUT2D eigenvalue weighted by molar-refractivity contribution is 0.0679. The Hall–Kier alpha value is -5.03. The van der Waals surface area contributed by atoms with Crippen LogP contribution in [0.2, 0.25) is 0 Å². The molecule has 11 nitrogen and oxygen atoms in total. The fourth-order valence-corrected chi connectivity index (χ4v) is 5.40. The zero-order valence-electron chi connectivity index (χ0n) is 21.6. The third-order valence-electron chi connectivity index (χ3n) is 7.50. The summed E-state index contributed by atoms with van der Waals surface area (Å²) in [6.45, 7) is 1.83. The Labute approximate surface area is 228 Å². The highest BCUT2D eigenvalue weighted by Gasteiger charge is 2.30. The number of rotatable bonds is 7. The van der Waals surface area contributed by atoms with E-state index in [9.17, 15) is 19.5 Å². The highest BCUT2D eigenvalue weighted by Crippen LogP contribution is 2.27. The number of carboxylic acid groups (broad SMARTS) is 2. The molecule has 4 heterocycles. The van der Waals surface area contributed by atoms with E-state index >= 15 is 0 Å². The molecule has 2 aromatic carbocycles. The number of aromatic carboxylic acids is 2. The van der Waals surface area contributed by atoms with Crippen molar-refractivity contribution in [3.63, 3.8) is 0 Å². The van der Waals surface area contributed by atoms with E-state index < -0.39 is 11.9 Å². The number of aromatic nitrogens is 5. The monoisotopic (exact) mass is 538 g/mol. The number of hydrogen-bond donors (Lipinski definition) is 2. The number of imidazole rings is 2. The summed E-state index contributed by atoms with van der Waals surface area (Å²) in [5.41, 5.74) is 3.99. The van der Waals surface area contributed by atoms with Crippen molar-refractivity contribution in [3.05, 3.63) is 101 Å². The van der Waals surface area contributed by atoms with Gasteiger partial charge in [-0.15, -0.1) is 0 Å². The van der Waals surface area contributed by atoms with Gasteiger partial charge in [0.25, 0.3) is 0 Å². The number of carbonyl (C=O) groups is 2. The predicted octanol–water partition coefficient (Wildman–Crippen LogP) is 3.43. The second-order valence-electron chi connectivity index (χ2n) is 9.86. The maximum atomic E-state index is 13.9. The molecule has 11 heteroatoms. The Balaban J connectivity index is 1.29. The molecule has 1 fully saturated rings. The molecule has 0 saturated carbocycles. The zero-order chi connectivity index (χ0) is 28.0. The summed E-state index contributed by atoms with van der Waals surface area (Å²) in [7, 11) is 1.69. The average molecular weight is 539 g/mol. The van der Waals surface area contributed by atoms with E-state index in [2.05, 4.69) is 14.9 Å². The molecule has 2 N–H and O–H groups in total. The maximum Gasteiger partial charge on any atom is 0.354 e. The highest BCUT2D eigenvalue weighted by molar-refractivity contribution is 5.88. The van der Waals surface area contributed by atoms with Crippen molar-refractivity contribution < 1.29 is 19.8 Å². The number of benzene rings is 2. The van der Waals surface area contributed by atoms with Crippen molar-refractivity contribution in [2.24, 2.45) is 7.05 Å². The molecule has 3 aromatic heterocycles. The van der Waals surface area contributed by atoms with Crippen LogP contribution in [0.1, 0.15) is 39.1 Å². The molecule has 0 aliphatic carbocycles. The van der Waals surface area contributed by atoms with Crippen molar-refractivity contribution in [1.82, 2.24) is 28.6 Å². The van der Waals surface area contributed by atoms with Gasteiger partial charge in [-0.1, -0.05) is 24.3 Å². The summed E-state index contributed by atoms with van der Waals surface area (Å²) in [6.07, 6.45) is 3.79. The molecule has 5 aromatic rings. The molecule has 1 atom stereocenters. The van der Waals surface area contributed by atoms with Crippen molar-refractivity contribution in [1.29, 1.82) is 0 Å². The van der Waals surface area contributed by atoms with Gasteiger partial charge >= 0.3 is 17.6 Å². The summed E-state index contributed by atoms with van der Waals surface area (Å²) in [5.74, 6) is -1.33. The molecular weight excluding hydrogens is 512 g/mol. The molecule has 0 radical (unpaired) electrons. The molecule has 1 saturated heterocycles. The average Bonchev–Trinajstić information content (AvgIpc) is 3.64. The fraction of sp³-hybridized carbons (Fsp3) is 0.207. The molecule has 202 valence electrons. The quantitative estimate of drug-likeness (QED) is 0.322. The van der Waals surface area contributed by atoms with Crippen LogP contribution in [-0.4, -0.2) is 63.8 Å². The number of carboxylic acids is 2. The van der Waals surface area contributed by atoms with Gasteiger partial charge in [-0.05, 0) is 53.9 Å². The van der Waals surface area contributed by atoms with Crippen molar-refractivity contribution in [2.45, 2.75) is 19.0 Å². The van der Waals surface area contributed by atoms with E-state index in [-0.39, 0.29) is 23.0 Å².